The SMILES string of the molecule is COC(=O)[C@@H](N=[N+]=[N-])C1CC(C)(C)OC1[C@H]1COC(C)(C)O1. The number of esters is 1. The summed E-state index contributed by atoms with van der Waals surface area (Å²) in [5, 5.41) is 3.63. The molecule has 0 N–H and O–H groups in total. The zero-order valence-electron chi connectivity index (χ0n) is 13.6. The second-order valence-corrected chi connectivity index (χ2v) is 6.75. The molecule has 2 aliphatic heterocycles. The fraction of sp³-hybridized carbons (Fsp3) is 0.929. The van der Waals surface area contributed by atoms with Crippen molar-refractivity contribution in [1.29, 1.82) is 0 Å². The van der Waals surface area contributed by atoms with Crippen LogP contribution in [0.4, 0.5) is 0 Å². The monoisotopic (exact) mass is 313 g/mol. The third kappa shape index (κ3) is 3.52. The maximum absolute atomic E-state index is 12.0. The molecule has 0 radical (unpaired) electrons. The quantitative estimate of drug-likeness (QED) is 0.342. The smallest absolute Gasteiger partial charge is 0.314 e. The summed E-state index contributed by atoms with van der Waals surface area (Å²) in [4.78, 5) is 14.8. The van der Waals surface area contributed by atoms with E-state index in [1.54, 1.807) is 0 Å². The maximum Gasteiger partial charge on any atom is 0.314 e. The van der Waals surface area contributed by atoms with Crippen molar-refractivity contribution in [2.45, 2.75) is 63.8 Å². The van der Waals surface area contributed by atoms with Crippen molar-refractivity contribution in [1.82, 2.24) is 0 Å². The highest BCUT2D eigenvalue weighted by atomic mass is 16.7. The number of carbonyl (C=O) groups is 1. The molecule has 0 aromatic rings. The zero-order valence-corrected chi connectivity index (χ0v) is 13.6. The summed E-state index contributed by atoms with van der Waals surface area (Å²) < 4.78 is 22.3. The Hall–Kier alpha value is -1.34. The van der Waals surface area contributed by atoms with Gasteiger partial charge in [0.25, 0.3) is 0 Å². The van der Waals surface area contributed by atoms with E-state index in [2.05, 4.69) is 10.0 Å². The Bertz CT molecular complexity index is 487. The number of hydrogen-bond donors (Lipinski definition) is 0. The molecule has 2 aliphatic rings. The molecule has 0 aromatic heterocycles. The van der Waals surface area contributed by atoms with Crippen LogP contribution in [-0.4, -0.2) is 49.3 Å². The fourth-order valence-electron chi connectivity index (χ4n) is 3.19. The molecular weight excluding hydrogens is 290 g/mol. The second kappa shape index (κ2) is 6.04. The summed E-state index contributed by atoms with van der Waals surface area (Å²) in [6.45, 7) is 7.89. The van der Waals surface area contributed by atoms with Crippen LogP contribution in [0.2, 0.25) is 0 Å². The van der Waals surface area contributed by atoms with Gasteiger partial charge in [0.2, 0.25) is 0 Å². The minimum Gasteiger partial charge on any atom is -0.469 e. The zero-order chi connectivity index (χ0) is 16.5. The largest absolute Gasteiger partial charge is 0.469 e. The lowest BCUT2D eigenvalue weighted by molar-refractivity contribution is -0.165. The number of nitrogens with zero attached hydrogens (tertiary/aromatic N) is 3. The third-order valence-corrected chi connectivity index (χ3v) is 4.03. The highest BCUT2D eigenvalue weighted by Crippen LogP contribution is 2.42. The van der Waals surface area contributed by atoms with Gasteiger partial charge in [-0.15, -0.1) is 0 Å². The molecular formula is C14H23N3O5. The number of rotatable bonds is 4. The topological polar surface area (TPSA) is 103 Å². The minimum atomic E-state index is -0.936. The van der Waals surface area contributed by atoms with Gasteiger partial charge in [0, 0.05) is 10.8 Å². The van der Waals surface area contributed by atoms with Gasteiger partial charge in [0.05, 0.1) is 25.4 Å². The average Bonchev–Trinajstić information content (AvgIpc) is 2.94. The Labute approximate surface area is 129 Å². The first-order valence-electron chi connectivity index (χ1n) is 7.31. The molecule has 2 fully saturated rings. The molecule has 0 amide bonds. The number of azide groups is 1. The maximum atomic E-state index is 12.0. The molecule has 2 rings (SSSR count). The van der Waals surface area contributed by atoms with Gasteiger partial charge < -0.3 is 18.9 Å². The lowest BCUT2D eigenvalue weighted by Crippen LogP contribution is -2.42. The van der Waals surface area contributed by atoms with Crippen LogP contribution < -0.4 is 0 Å². The molecule has 8 heteroatoms. The first-order valence-corrected chi connectivity index (χ1v) is 7.31. The molecule has 4 atom stereocenters. The molecule has 2 unspecified atom stereocenters. The van der Waals surface area contributed by atoms with E-state index in [0.29, 0.717) is 13.0 Å². The van der Waals surface area contributed by atoms with E-state index in [1.807, 2.05) is 27.7 Å². The molecule has 124 valence electrons. The minimum absolute atomic E-state index is 0.317. The van der Waals surface area contributed by atoms with Gasteiger partial charge in [0.15, 0.2) is 5.79 Å². The first kappa shape index (κ1) is 17.0. The Balaban J connectivity index is 2.26. The van der Waals surface area contributed by atoms with Crippen LogP contribution in [0, 0.1) is 5.92 Å². The summed E-state index contributed by atoms with van der Waals surface area (Å²) in [5.41, 5.74) is 8.32. The van der Waals surface area contributed by atoms with E-state index < -0.39 is 29.5 Å². The van der Waals surface area contributed by atoms with E-state index in [9.17, 15) is 4.79 Å². The molecule has 22 heavy (non-hydrogen) atoms. The van der Waals surface area contributed by atoms with Gasteiger partial charge in [-0.2, -0.15) is 0 Å². The Morgan fingerprint density at radius 3 is 2.55 bits per heavy atom. The molecule has 0 saturated carbocycles. The molecule has 0 aromatic carbocycles. The number of methoxy groups -OCH3 is 1. The van der Waals surface area contributed by atoms with Crippen LogP contribution in [0.3, 0.4) is 0 Å². The van der Waals surface area contributed by atoms with E-state index in [0.717, 1.165) is 0 Å². The normalized spacial score (nSPS) is 34.0. The summed E-state index contributed by atoms with van der Waals surface area (Å²) in [5.74, 6) is -1.57. The Morgan fingerprint density at radius 1 is 1.36 bits per heavy atom. The van der Waals surface area contributed by atoms with Crippen LogP contribution in [0.1, 0.15) is 34.1 Å². The highest BCUT2D eigenvalue weighted by Gasteiger charge is 2.52. The number of carbonyl (C=O) groups excluding carboxylic acids is 1. The summed E-state index contributed by atoms with van der Waals surface area (Å²) in [7, 11) is 1.27. The van der Waals surface area contributed by atoms with E-state index in [1.165, 1.54) is 7.11 Å². The third-order valence-electron chi connectivity index (χ3n) is 4.03. The predicted octanol–water partition coefficient (Wildman–Crippen LogP) is 2.17. The Kier molecular flexibility index (Phi) is 4.67. The second-order valence-electron chi connectivity index (χ2n) is 6.75. The van der Waals surface area contributed by atoms with Crippen molar-refractivity contribution in [2.24, 2.45) is 11.0 Å². The summed E-state index contributed by atoms with van der Waals surface area (Å²) >= 11 is 0. The van der Waals surface area contributed by atoms with Crippen LogP contribution in [0.25, 0.3) is 10.4 Å². The van der Waals surface area contributed by atoms with Gasteiger partial charge in [0.1, 0.15) is 12.1 Å². The fourth-order valence-corrected chi connectivity index (χ4v) is 3.19. The summed E-state index contributed by atoms with van der Waals surface area (Å²) in [6, 6.07) is -0.936. The number of ether oxygens (including phenoxy) is 4. The van der Waals surface area contributed by atoms with Gasteiger partial charge in [-0.1, -0.05) is 5.11 Å². The molecule has 0 aliphatic carbocycles. The number of hydrogen-bond acceptors (Lipinski definition) is 6. The van der Waals surface area contributed by atoms with E-state index in [-0.39, 0.29) is 12.0 Å². The van der Waals surface area contributed by atoms with E-state index >= 15 is 0 Å². The standard InChI is InChI=1S/C14H23N3O5/c1-13(2)6-8(10(16-17-15)12(18)19-5)11(22-13)9-7-20-14(3,4)21-9/h8-11H,6-7H2,1-5H3/t8?,9-,10+,11?/m1/s1. The van der Waals surface area contributed by atoms with Crippen molar-refractivity contribution in [3.05, 3.63) is 10.4 Å². The molecule has 0 bridgehead atoms. The molecule has 8 nitrogen and oxygen atoms in total. The van der Waals surface area contributed by atoms with Crippen molar-refractivity contribution in [3.63, 3.8) is 0 Å². The average molecular weight is 313 g/mol. The van der Waals surface area contributed by atoms with Gasteiger partial charge in [-0.05, 0) is 39.6 Å². The van der Waals surface area contributed by atoms with Crippen molar-refractivity contribution in [2.75, 3.05) is 13.7 Å². The van der Waals surface area contributed by atoms with Crippen molar-refractivity contribution < 1.29 is 23.7 Å². The predicted molar refractivity (Wildman–Crippen MR) is 76.9 cm³/mol. The van der Waals surface area contributed by atoms with Crippen LogP contribution in [0.5, 0.6) is 0 Å². The highest BCUT2D eigenvalue weighted by molar-refractivity contribution is 5.76. The summed E-state index contributed by atoms with van der Waals surface area (Å²) in [6.07, 6.45) is -0.147. The van der Waals surface area contributed by atoms with Crippen LogP contribution in [-0.2, 0) is 23.7 Å². The molecule has 2 heterocycles. The van der Waals surface area contributed by atoms with Crippen molar-refractivity contribution >= 4 is 5.97 Å². The lowest BCUT2D eigenvalue weighted by atomic mass is 9.86. The van der Waals surface area contributed by atoms with Gasteiger partial charge in [-0.3, -0.25) is 4.79 Å². The molecule has 2 saturated heterocycles. The lowest BCUT2D eigenvalue weighted by Gasteiger charge is -2.27. The van der Waals surface area contributed by atoms with Crippen molar-refractivity contribution in [3.8, 4) is 0 Å². The van der Waals surface area contributed by atoms with Crippen LogP contribution in [0.15, 0.2) is 5.11 Å². The van der Waals surface area contributed by atoms with Gasteiger partial charge in [-0.25, -0.2) is 0 Å². The first-order chi connectivity index (χ1) is 10.2. The Morgan fingerprint density at radius 2 is 2.05 bits per heavy atom. The van der Waals surface area contributed by atoms with E-state index in [4.69, 9.17) is 24.5 Å². The van der Waals surface area contributed by atoms with Crippen LogP contribution >= 0.6 is 0 Å². The van der Waals surface area contributed by atoms with Gasteiger partial charge >= 0.3 is 5.97 Å². The molecule has 0 spiro atoms.